The maximum atomic E-state index is 10.8. The number of hydrogen-bond donors (Lipinski definition) is 0. The summed E-state index contributed by atoms with van der Waals surface area (Å²) in [6, 6.07) is 0. The van der Waals surface area contributed by atoms with Crippen molar-refractivity contribution in [3.8, 4) is 0 Å². The molecule has 3 rings (SSSR count). The molecule has 2 bridgehead atoms. The quantitative estimate of drug-likeness (QED) is 0.344. The van der Waals surface area contributed by atoms with Gasteiger partial charge in [-0.15, -0.1) is 0 Å². The van der Waals surface area contributed by atoms with Gasteiger partial charge in [0.05, 0.1) is 18.8 Å². The molecule has 0 N–H and O–H groups in total. The minimum Gasteiger partial charge on any atom is -0.359 e. The molecule has 0 saturated carbocycles. The lowest BCUT2D eigenvalue weighted by Crippen LogP contribution is -2.61. The summed E-state index contributed by atoms with van der Waals surface area (Å²) in [4.78, 5) is 10.8. The molecule has 6 atom stereocenters. The third-order valence-corrected chi connectivity index (χ3v) is 4.77. The smallest absolute Gasteiger partial charge is 0.201 e. The van der Waals surface area contributed by atoms with Gasteiger partial charge in [0.2, 0.25) is 5.79 Å². The van der Waals surface area contributed by atoms with Gasteiger partial charge in [-0.3, -0.25) is 4.79 Å². The number of carbonyl (C=O) groups excluding carboxylic acids is 1. The molecule has 0 aromatic heterocycles. The Morgan fingerprint density at radius 1 is 1.45 bits per heavy atom. The average Bonchev–Trinajstić information content (AvgIpc) is 3.19. The molecule has 3 heterocycles. The number of allylic oxidation sites excluding steroid dienone is 1. The number of carbonyl (C=O) groups is 1. The Morgan fingerprint density at radius 2 is 2.15 bits per heavy atom. The highest BCUT2D eigenvalue weighted by molar-refractivity contribution is 5.72. The number of fused-ring (bicyclic) bond motifs is 3. The van der Waals surface area contributed by atoms with Gasteiger partial charge in [0.15, 0.2) is 5.60 Å². The highest BCUT2D eigenvalue weighted by Crippen LogP contribution is 2.51. The van der Waals surface area contributed by atoms with E-state index in [1.165, 1.54) is 0 Å². The number of epoxide rings is 1. The van der Waals surface area contributed by atoms with Gasteiger partial charge in [-0.25, -0.2) is 0 Å². The normalized spacial score (nSPS) is 48.2. The third kappa shape index (κ3) is 1.98. The van der Waals surface area contributed by atoms with E-state index in [9.17, 15) is 4.79 Å². The Bertz CT molecular complexity index is 477. The van der Waals surface area contributed by atoms with Gasteiger partial charge >= 0.3 is 0 Å². The van der Waals surface area contributed by atoms with Crippen LogP contribution >= 0.6 is 0 Å². The van der Waals surface area contributed by atoms with Crippen LogP contribution in [0.1, 0.15) is 27.7 Å². The van der Waals surface area contributed by atoms with Gasteiger partial charge < -0.3 is 14.2 Å². The Morgan fingerprint density at radius 3 is 2.75 bits per heavy atom. The van der Waals surface area contributed by atoms with Crippen LogP contribution in [0.3, 0.4) is 0 Å². The number of aldehydes is 1. The van der Waals surface area contributed by atoms with E-state index in [1.54, 1.807) is 0 Å². The van der Waals surface area contributed by atoms with Crippen LogP contribution in [0, 0.1) is 11.8 Å². The predicted octanol–water partition coefficient (Wildman–Crippen LogP) is 2.24. The zero-order valence-electron chi connectivity index (χ0n) is 12.5. The second kappa shape index (κ2) is 4.52. The topological polar surface area (TPSA) is 48.1 Å². The Hall–Kier alpha value is -0.970. The molecule has 4 heteroatoms. The van der Waals surface area contributed by atoms with Gasteiger partial charge in [0.1, 0.15) is 6.29 Å². The fourth-order valence-corrected chi connectivity index (χ4v) is 3.34. The third-order valence-electron chi connectivity index (χ3n) is 4.77. The minimum absolute atomic E-state index is 0.0136. The van der Waals surface area contributed by atoms with E-state index in [1.807, 2.05) is 19.9 Å². The molecule has 0 aliphatic carbocycles. The maximum absolute atomic E-state index is 10.8. The molecule has 1 spiro atoms. The molecule has 2 fully saturated rings. The first kappa shape index (κ1) is 14.0. The van der Waals surface area contributed by atoms with Crippen LogP contribution in [0.15, 0.2) is 23.8 Å². The lowest BCUT2D eigenvalue weighted by Gasteiger charge is -2.51. The van der Waals surface area contributed by atoms with E-state index in [-0.39, 0.29) is 24.0 Å². The lowest BCUT2D eigenvalue weighted by molar-refractivity contribution is -0.346. The molecular weight excluding hydrogens is 256 g/mol. The largest absolute Gasteiger partial charge is 0.359 e. The van der Waals surface area contributed by atoms with E-state index in [4.69, 9.17) is 14.2 Å². The zero-order valence-corrected chi connectivity index (χ0v) is 12.5. The van der Waals surface area contributed by atoms with Crippen molar-refractivity contribution >= 4 is 6.29 Å². The maximum Gasteiger partial charge on any atom is 0.201 e. The number of hydrogen-bond acceptors (Lipinski definition) is 4. The molecule has 110 valence electrons. The van der Waals surface area contributed by atoms with Crippen molar-refractivity contribution < 1.29 is 19.0 Å². The van der Waals surface area contributed by atoms with Crippen LogP contribution < -0.4 is 0 Å². The van der Waals surface area contributed by atoms with E-state index in [0.717, 1.165) is 11.9 Å². The number of rotatable bonds is 3. The van der Waals surface area contributed by atoms with Crippen molar-refractivity contribution in [3.05, 3.63) is 23.8 Å². The van der Waals surface area contributed by atoms with Crippen LogP contribution in [0.5, 0.6) is 0 Å². The minimum atomic E-state index is -0.721. The molecule has 0 aromatic carbocycles. The van der Waals surface area contributed by atoms with Crippen LogP contribution in [-0.2, 0) is 19.0 Å². The molecule has 0 amide bonds. The first-order chi connectivity index (χ1) is 9.41. The second-order valence-corrected chi connectivity index (χ2v) is 6.39. The fraction of sp³-hybridized carbons (Fsp3) is 0.688. The summed E-state index contributed by atoms with van der Waals surface area (Å²) in [6.07, 6.45) is 7.10. The van der Waals surface area contributed by atoms with Crippen LogP contribution in [0.2, 0.25) is 0 Å². The molecule has 3 aliphatic rings. The highest BCUT2D eigenvalue weighted by Gasteiger charge is 2.65. The summed E-state index contributed by atoms with van der Waals surface area (Å²) in [5, 5.41) is 0. The molecule has 20 heavy (non-hydrogen) atoms. The van der Waals surface area contributed by atoms with Crippen molar-refractivity contribution in [2.75, 3.05) is 6.61 Å². The van der Waals surface area contributed by atoms with Crippen molar-refractivity contribution in [1.82, 2.24) is 0 Å². The van der Waals surface area contributed by atoms with Crippen LogP contribution in [-0.4, -0.2) is 36.5 Å². The highest BCUT2D eigenvalue weighted by atomic mass is 16.8. The summed E-state index contributed by atoms with van der Waals surface area (Å²) in [5.74, 6) is -0.329. The Kier molecular flexibility index (Phi) is 3.16. The molecule has 0 radical (unpaired) electrons. The predicted molar refractivity (Wildman–Crippen MR) is 74.1 cm³/mol. The van der Waals surface area contributed by atoms with Crippen molar-refractivity contribution in [2.45, 2.75) is 51.3 Å². The van der Waals surface area contributed by atoms with Gasteiger partial charge in [0, 0.05) is 11.8 Å². The Labute approximate surface area is 119 Å². The summed E-state index contributed by atoms with van der Waals surface area (Å²) in [7, 11) is 0. The zero-order chi connectivity index (χ0) is 14.5. The summed E-state index contributed by atoms with van der Waals surface area (Å²) in [6.45, 7) is 8.64. The second-order valence-electron chi connectivity index (χ2n) is 6.39. The van der Waals surface area contributed by atoms with E-state index >= 15 is 0 Å². The molecule has 3 unspecified atom stereocenters. The lowest BCUT2D eigenvalue weighted by atomic mass is 9.82. The van der Waals surface area contributed by atoms with Gasteiger partial charge in [-0.1, -0.05) is 26.0 Å². The molecule has 3 aliphatic heterocycles. The monoisotopic (exact) mass is 278 g/mol. The van der Waals surface area contributed by atoms with Crippen molar-refractivity contribution in [3.63, 3.8) is 0 Å². The van der Waals surface area contributed by atoms with Gasteiger partial charge in [0.25, 0.3) is 0 Å². The van der Waals surface area contributed by atoms with Crippen molar-refractivity contribution in [1.29, 1.82) is 0 Å². The fourth-order valence-electron chi connectivity index (χ4n) is 3.34. The van der Waals surface area contributed by atoms with E-state index in [2.05, 4.69) is 26.0 Å². The molecule has 0 aromatic rings. The first-order valence-electron chi connectivity index (χ1n) is 7.23. The number of ether oxygens (including phenoxy) is 3. The van der Waals surface area contributed by atoms with Gasteiger partial charge in [-0.2, -0.15) is 0 Å². The van der Waals surface area contributed by atoms with Gasteiger partial charge in [-0.05, 0) is 25.5 Å². The van der Waals surface area contributed by atoms with Crippen LogP contribution in [0.4, 0.5) is 0 Å². The summed E-state index contributed by atoms with van der Waals surface area (Å²) in [5.41, 5.74) is 0.327. The SMILES string of the molecule is C/C(C=O)=C\[C@@H](C)C1OC2(C)O[C@@H](C=C[C@@]23CO3)C1C. The molecular formula is C16H22O4. The molecule has 4 nitrogen and oxygen atoms in total. The summed E-state index contributed by atoms with van der Waals surface area (Å²) < 4.78 is 18.0. The van der Waals surface area contributed by atoms with E-state index < -0.39 is 11.4 Å². The average molecular weight is 278 g/mol. The standard InChI is InChI=1S/C16H22O4/c1-10(8-17)7-11(2)14-12(3)13-5-6-16(9-18-16)15(4,19-13)20-14/h5-8,11-14H,9H2,1-4H3/b10-7+/t11-,12?,13+,14?,15?,16-/m1/s1. The van der Waals surface area contributed by atoms with E-state index in [0.29, 0.717) is 6.61 Å². The van der Waals surface area contributed by atoms with Crippen LogP contribution in [0.25, 0.3) is 0 Å². The van der Waals surface area contributed by atoms with Crippen molar-refractivity contribution in [2.24, 2.45) is 11.8 Å². The molecule has 2 saturated heterocycles. The first-order valence-corrected chi connectivity index (χ1v) is 7.23. The summed E-state index contributed by atoms with van der Waals surface area (Å²) >= 11 is 0. The Balaban J connectivity index is 1.87.